The van der Waals surface area contributed by atoms with Crippen LogP contribution in [0.2, 0.25) is 0 Å². The molecule has 3 aromatic heterocycles. The maximum Gasteiger partial charge on any atom is 0.160 e. The summed E-state index contributed by atoms with van der Waals surface area (Å²) in [7, 11) is 0. The van der Waals surface area contributed by atoms with Gasteiger partial charge in [-0.2, -0.15) is 0 Å². The number of rotatable bonds is 4. The van der Waals surface area contributed by atoms with E-state index in [1.165, 1.54) is 86.3 Å². The van der Waals surface area contributed by atoms with Gasteiger partial charge in [-0.3, -0.25) is 5.32 Å². The van der Waals surface area contributed by atoms with Gasteiger partial charge in [0, 0.05) is 43.5 Å². The fourth-order valence-corrected chi connectivity index (χ4v) is 9.65. The second-order valence-electron chi connectivity index (χ2n) is 13.5. The van der Waals surface area contributed by atoms with Gasteiger partial charge in [-0.1, -0.05) is 103 Å². The average Bonchev–Trinajstić information content (AvgIpc) is 3.81. The Balaban J connectivity index is 1.08. The van der Waals surface area contributed by atoms with Crippen LogP contribution < -0.4 is 10.6 Å². The van der Waals surface area contributed by atoms with E-state index < -0.39 is 0 Å². The van der Waals surface area contributed by atoms with Crippen molar-refractivity contribution in [1.29, 1.82) is 0 Å². The Morgan fingerprint density at radius 3 is 2.00 bits per heavy atom. The van der Waals surface area contributed by atoms with Crippen LogP contribution in [-0.4, -0.2) is 9.13 Å². The van der Waals surface area contributed by atoms with Crippen molar-refractivity contribution in [2.24, 2.45) is 0 Å². The van der Waals surface area contributed by atoms with Crippen LogP contribution in [0, 0.1) is 0 Å². The number of fused-ring (bicyclic) bond motifs is 10. The van der Waals surface area contributed by atoms with Gasteiger partial charge in [0.1, 0.15) is 0 Å². The first kappa shape index (κ1) is 28.0. The zero-order valence-electron chi connectivity index (χ0n) is 27.2. The van der Waals surface area contributed by atoms with Crippen LogP contribution in [0.1, 0.15) is 23.5 Å². The Bertz CT molecular complexity index is 2930. The van der Waals surface area contributed by atoms with Crippen LogP contribution in [0.5, 0.6) is 0 Å². The van der Waals surface area contributed by atoms with E-state index in [4.69, 9.17) is 0 Å². The maximum atomic E-state index is 4.14. The summed E-state index contributed by atoms with van der Waals surface area (Å²) in [6.07, 6.45) is 0.736. The molecule has 2 unspecified atom stereocenters. The molecular formula is C45H32N4S. The Kier molecular flexibility index (Phi) is 6.06. The molecule has 7 aromatic carbocycles. The van der Waals surface area contributed by atoms with Crippen molar-refractivity contribution in [3.05, 3.63) is 169 Å². The summed E-state index contributed by atoms with van der Waals surface area (Å²) < 4.78 is 6.18. The van der Waals surface area contributed by atoms with Gasteiger partial charge in [-0.05, 0) is 82.7 Å². The summed E-state index contributed by atoms with van der Waals surface area (Å²) in [5.74, 6) is 0. The van der Waals surface area contributed by atoms with Gasteiger partial charge in [-0.25, -0.2) is 0 Å². The van der Waals surface area contributed by atoms with Gasteiger partial charge in [-0.15, -0.1) is 11.3 Å². The highest BCUT2D eigenvalue weighted by Gasteiger charge is 2.32. The molecule has 0 aliphatic carbocycles. The molecule has 11 rings (SSSR count). The molecule has 0 amide bonds. The highest BCUT2D eigenvalue weighted by Crippen LogP contribution is 2.46. The van der Waals surface area contributed by atoms with E-state index in [1.807, 2.05) is 11.3 Å². The van der Waals surface area contributed by atoms with Crippen molar-refractivity contribution in [1.82, 2.24) is 14.5 Å². The highest BCUT2D eigenvalue weighted by molar-refractivity contribution is 7.23. The monoisotopic (exact) mass is 660 g/mol. The van der Waals surface area contributed by atoms with Crippen molar-refractivity contribution in [3.8, 4) is 5.69 Å². The lowest BCUT2D eigenvalue weighted by Crippen LogP contribution is -2.40. The standard InChI is InChI=1S/C45H32N4S/c1-2-14-31(15-3-1)48-38-19-9-6-16-32(38)35-24-28(22-23-40(35)48)25-37-43-34-18-8-11-21-42(34)50-44(43)47-45(46-37)49-39-20-10-7-17-33(39)36-26-29-12-4-5-13-30(29)27-41(36)49/h1-24,26-27,37,45-47H,25H2. The van der Waals surface area contributed by atoms with Crippen molar-refractivity contribution in [3.63, 3.8) is 0 Å². The van der Waals surface area contributed by atoms with E-state index in [1.54, 1.807) is 0 Å². The van der Waals surface area contributed by atoms with Gasteiger partial charge in [0.2, 0.25) is 0 Å². The second kappa shape index (κ2) is 10.8. The molecule has 1 aliphatic rings. The number of benzene rings is 7. The Labute approximate surface area is 292 Å². The largest absolute Gasteiger partial charge is 0.344 e. The summed E-state index contributed by atoms with van der Waals surface area (Å²) in [6.45, 7) is 0. The third-order valence-corrected chi connectivity index (χ3v) is 11.8. The van der Waals surface area contributed by atoms with Gasteiger partial charge >= 0.3 is 0 Å². The molecule has 0 bridgehead atoms. The predicted molar refractivity (Wildman–Crippen MR) is 212 cm³/mol. The lowest BCUT2D eigenvalue weighted by Gasteiger charge is -2.35. The Morgan fingerprint density at radius 1 is 0.520 bits per heavy atom. The lowest BCUT2D eigenvalue weighted by atomic mass is 9.95. The zero-order chi connectivity index (χ0) is 32.8. The number of nitrogens with zero attached hydrogens (tertiary/aromatic N) is 2. The fourth-order valence-electron chi connectivity index (χ4n) is 8.46. The van der Waals surface area contributed by atoms with Gasteiger partial charge in [0.25, 0.3) is 0 Å². The Morgan fingerprint density at radius 2 is 1.16 bits per heavy atom. The van der Waals surface area contributed by atoms with Gasteiger partial charge in [0.15, 0.2) is 6.29 Å². The normalized spacial score (nSPS) is 16.2. The molecule has 50 heavy (non-hydrogen) atoms. The average molecular weight is 661 g/mol. The van der Waals surface area contributed by atoms with E-state index in [9.17, 15) is 0 Å². The molecule has 1 aliphatic heterocycles. The molecular weight excluding hydrogens is 629 g/mol. The summed E-state index contributed by atoms with van der Waals surface area (Å²) in [5, 5.41) is 18.3. The number of aromatic nitrogens is 2. The smallest absolute Gasteiger partial charge is 0.160 e. The minimum Gasteiger partial charge on any atom is -0.344 e. The first-order valence-corrected chi connectivity index (χ1v) is 18.1. The quantitative estimate of drug-likeness (QED) is 0.197. The molecule has 0 fully saturated rings. The SMILES string of the molecule is c1ccc(-n2c3ccccc3c3cc(CC4NC(n5c6ccccc6c6cc7ccccc7cc65)Nc5sc6ccccc6c54)ccc32)cc1. The van der Waals surface area contributed by atoms with Crippen LogP contribution in [0.15, 0.2) is 158 Å². The van der Waals surface area contributed by atoms with Crippen molar-refractivity contribution < 1.29 is 0 Å². The molecule has 0 radical (unpaired) electrons. The molecule has 238 valence electrons. The van der Waals surface area contributed by atoms with Crippen molar-refractivity contribution >= 4 is 80.8 Å². The number of hydrogen-bond donors (Lipinski definition) is 2. The minimum atomic E-state index is -0.132. The first-order valence-electron chi connectivity index (χ1n) is 17.3. The zero-order valence-corrected chi connectivity index (χ0v) is 28.0. The lowest BCUT2D eigenvalue weighted by molar-refractivity contribution is 0.387. The molecule has 4 heterocycles. The van der Waals surface area contributed by atoms with Crippen LogP contribution in [-0.2, 0) is 6.42 Å². The van der Waals surface area contributed by atoms with E-state index in [2.05, 4.69) is 177 Å². The molecule has 0 spiro atoms. The predicted octanol–water partition coefficient (Wildman–Crippen LogP) is 11.7. The molecule has 2 N–H and O–H groups in total. The van der Waals surface area contributed by atoms with E-state index in [0.29, 0.717) is 0 Å². The van der Waals surface area contributed by atoms with Crippen molar-refractivity contribution in [2.45, 2.75) is 18.8 Å². The van der Waals surface area contributed by atoms with Crippen LogP contribution in [0.25, 0.3) is 70.2 Å². The Hall–Kier alpha value is -5.88. The third-order valence-electron chi connectivity index (χ3n) is 10.6. The molecule has 0 saturated carbocycles. The third kappa shape index (κ3) is 4.14. The second-order valence-corrected chi connectivity index (χ2v) is 14.5. The fraction of sp³-hybridized carbons (Fsp3) is 0.0667. The molecule has 4 nitrogen and oxygen atoms in total. The number of para-hydroxylation sites is 3. The number of thiophene rings is 1. The summed E-state index contributed by atoms with van der Waals surface area (Å²) in [5.41, 5.74) is 8.78. The summed E-state index contributed by atoms with van der Waals surface area (Å²) in [6, 6.07) is 57.8. The van der Waals surface area contributed by atoms with Crippen LogP contribution in [0.4, 0.5) is 5.00 Å². The van der Waals surface area contributed by atoms with E-state index in [0.717, 1.165) is 6.42 Å². The maximum absolute atomic E-state index is 4.14. The molecule has 5 heteroatoms. The number of nitrogens with one attached hydrogen (secondary N) is 2. The topological polar surface area (TPSA) is 33.9 Å². The molecule has 2 atom stereocenters. The van der Waals surface area contributed by atoms with E-state index >= 15 is 0 Å². The highest BCUT2D eigenvalue weighted by atomic mass is 32.1. The van der Waals surface area contributed by atoms with Crippen LogP contribution in [0.3, 0.4) is 0 Å². The van der Waals surface area contributed by atoms with Crippen LogP contribution >= 0.6 is 11.3 Å². The van der Waals surface area contributed by atoms with Crippen molar-refractivity contribution in [2.75, 3.05) is 5.32 Å². The molecule has 0 saturated heterocycles. The molecule has 10 aromatic rings. The van der Waals surface area contributed by atoms with E-state index in [-0.39, 0.29) is 12.3 Å². The number of anilines is 1. The summed E-state index contributed by atoms with van der Waals surface area (Å²) >= 11 is 1.87. The number of hydrogen-bond acceptors (Lipinski definition) is 3. The first-order chi connectivity index (χ1) is 24.8. The van der Waals surface area contributed by atoms with Gasteiger partial charge in [0.05, 0.1) is 27.1 Å². The van der Waals surface area contributed by atoms with Gasteiger partial charge < -0.3 is 14.5 Å². The minimum absolute atomic E-state index is 0.101. The summed E-state index contributed by atoms with van der Waals surface area (Å²) in [4.78, 5) is 0.